The Morgan fingerprint density at radius 2 is 2.00 bits per heavy atom. The van der Waals surface area contributed by atoms with Crippen LogP contribution in [0.1, 0.15) is 16.8 Å². The second-order valence-corrected chi connectivity index (χ2v) is 5.67. The molecule has 2 aromatic rings. The molecule has 128 valence electrons. The van der Waals surface area contributed by atoms with Gasteiger partial charge in [-0.1, -0.05) is 12.1 Å². The van der Waals surface area contributed by atoms with Gasteiger partial charge in [0.2, 0.25) is 5.91 Å². The average molecular weight is 343 g/mol. The molecule has 1 heterocycles. The minimum absolute atomic E-state index is 0.0805. The number of hydrogen-bond donors (Lipinski definition) is 1. The van der Waals surface area contributed by atoms with E-state index in [0.29, 0.717) is 5.69 Å². The monoisotopic (exact) mass is 343 g/mol. The molecule has 0 spiro atoms. The van der Waals surface area contributed by atoms with E-state index in [1.165, 1.54) is 47.4 Å². The van der Waals surface area contributed by atoms with Crippen LogP contribution in [-0.4, -0.2) is 29.3 Å². The van der Waals surface area contributed by atoms with Crippen molar-refractivity contribution in [2.24, 2.45) is 0 Å². The molecule has 1 aliphatic heterocycles. The molecule has 0 aliphatic carbocycles. The lowest BCUT2D eigenvalue weighted by Crippen LogP contribution is -2.37. The van der Waals surface area contributed by atoms with Crippen molar-refractivity contribution in [1.29, 1.82) is 0 Å². The zero-order valence-corrected chi connectivity index (χ0v) is 13.0. The molecule has 2 aromatic carbocycles. The highest BCUT2D eigenvalue weighted by Crippen LogP contribution is 2.22. The molecule has 1 aliphatic rings. The predicted octanol–water partition coefficient (Wildman–Crippen LogP) is 2.27. The maximum absolute atomic E-state index is 13.3. The van der Waals surface area contributed by atoms with Gasteiger partial charge in [-0.2, -0.15) is 0 Å². The van der Waals surface area contributed by atoms with Gasteiger partial charge >= 0.3 is 0 Å². The van der Waals surface area contributed by atoms with Gasteiger partial charge in [0.25, 0.3) is 11.6 Å². The van der Waals surface area contributed by atoms with Gasteiger partial charge in [0.05, 0.1) is 11.0 Å². The van der Waals surface area contributed by atoms with Crippen LogP contribution < -0.4 is 10.2 Å². The molecule has 1 saturated heterocycles. The minimum Gasteiger partial charge on any atom is -0.347 e. The first-order valence-electron chi connectivity index (χ1n) is 7.55. The van der Waals surface area contributed by atoms with Crippen molar-refractivity contribution < 1.29 is 18.9 Å². The smallest absolute Gasteiger partial charge is 0.270 e. The van der Waals surface area contributed by atoms with Gasteiger partial charge in [0.1, 0.15) is 5.82 Å². The van der Waals surface area contributed by atoms with Crippen LogP contribution in [0.25, 0.3) is 0 Å². The number of nitro groups is 1. The van der Waals surface area contributed by atoms with Crippen LogP contribution in [0.4, 0.5) is 15.8 Å². The Kier molecular flexibility index (Phi) is 4.42. The molecule has 1 fully saturated rings. The van der Waals surface area contributed by atoms with E-state index >= 15 is 0 Å². The Balaban J connectivity index is 1.70. The number of amides is 2. The van der Waals surface area contributed by atoms with Crippen molar-refractivity contribution in [2.45, 2.75) is 12.5 Å². The first-order chi connectivity index (χ1) is 11.9. The van der Waals surface area contributed by atoms with Gasteiger partial charge < -0.3 is 10.2 Å². The molecule has 7 nitrogen and oxygen atoms in total. The Morgan fingerprint density at radius 1 is 1.24 bits per heavy atom. The van der Waals surface area contributed by atoms with Crippen LogP contribution >= 0.6 is 0 Å². The van der Waals surface area contributed by atoms with Gasteiger partial charge in [0.15, 0.2) is 0 Å². The number of anilines is 1. The predicted molar refractivity (Wildman–Crippen MR) is 87.7 cm³/mol. The maximum Gasteiger partial charge on any atom is 0.270 e. The van der Waals surface area contributed by atoms with Crippen LogP contribution in [0, 0.1) is 15.9 Å². The quantitative estimate of drug-likeness (QED) is 0.681. The van der Waals surface area contributed by atoms with E-state index in [2.05, 4.69) is 5.32 Å². The molecule has 0 radical (unpaired) electrons. The first kappa shape index (κ1) is 16.6. The lowest BCUT2D eigenvalue weighted by Gasteiger charge is -2.17. The molecule has 0 bridgehead atoms. The topological polar surface area (TPSA) is 92.6 Å². The molecule has 8 heteroatoms. The Bertz CT molecular complexity index is 855. The lowest BCUT2D eigenvalue weighted by atomic mass is 10.1. The average Bonchev–Trinajstić information content (AvgIpc) is 2.95. The van der Waals surface area contributed by atoms with Crippen LogP contribution in [0.2, 0.25) is 0 Å². The molecule has 3 rings (SSSR count). The summed E-state index contributed by atoms with van der Waals surface area (Å²) in [6.07, 6.45) is 0.0805. The molecule has 1 atom stereocenters. The van der Waals surface area contributed by atoms with Crippen molar-refractivity contribution in [3.05, 3.63) is 70.0 Å². The fraction of sp³-hybridized carbons (Fsp3) is 0.176. The van der Waals surface area contributed by atoms with E-state index in [4.69, 9.17) is 0 Å². The summed E-state index contributed by atoms with van der Waals surface area (Å²) in [4.78, 5) is 36.0. The third kappa shape index (κ3) is 3.63. The lowest BCUT2D eigenvalue weighted by molar-refractivity contribution is -0.384. The third-order valence-corrected chi connectivity index (χ3v) is 3.90. The largest absolute Gasteiger partial charge is 0.347 e. The first-order valence-corrected chi connectivity index (χ1v) is 7.55. The van der Waals surface area contributed by atoms with E-state index in [1.807, 2.05) is 0 Å². The molecule has 1 unspecified atom stereocenters. The number of carbonyl (C=O) groups is 2. The number of nitro benzene ring substituents is 1. The summed E-state index contributed by atoms with van der Waals surface area (Å²) in [5.41, 5.74) is 0.388. The Labute approximate surface area is 142 Å². The maximum atomic E-state index is 13.3. The van der Waals surface area contributed by atoms with Gasteiger partial charge in [-0.3, -0.25) is 19.7 Å². The summed E-state index contributed by atoms with van der Waals surface area (Å²) >= 11 is 0. The fourth-order valence-electron chi connectivity index (χ4n) is 2.73. The zero-order chi connectivity index (χ0) is 18.0. The van der Waals surface area contributed by atoms with E-state index < -0.39 is 22.7 Å². The molecule has 25 heavy (non-hydrogen) atoms. The van der Waals surface area contributed by atoms with Gasteiger partial charge in [-0.05, 0) is 24.3 Å². The number of rotatable bonds is 4. The molecule has 0 aromatic heterocycles. The summed E-state index contributed by atoms with van der Waals surface area (Å²) in [5, 5.41) is 13.5. The number of halogens is 1. The number of benzene rings is 2. The highest BCUT2D eigenvalue weighted by Gasteiger charge is 2.32. The third-order valence-electron chi connectivity index (χ3n) is 3.90. The van der Waals surface area contributed by atoms with E-state index in [1.54, 1.807) is 6.07 Å². The molecular formula is C17H14FN3O4. The summed E-state index contributed by atoms with van der Waals surface area (Å²) in [5.74, 6) is -1.17. The summed E-state index contributed by atoms with van der Waals surface area (Å²) in [7, 11) is 0. The van der Waals surface area contributed by atoms with Gasteiger partial charge in [-0.15, -0.1) is 0 Å². The van der Waals surface area contributed by atoms with E-state index in [9.17, 15) is 24.1 Å². The second-order valence-electron chi connectivity index (χ2n) is 5.67. The highest BCUT2D eigenvalue weighted by molar-refractivity contribution is 5.99. The minimum atomic E-state index is -0.582. The van der Waals surface area contributed by atoms with Crippen LogP contribution in [0.5, 0.6) is 0 Å². The second kappa shape index (κ2) is 6.68. The Morgan fingerprint density at radius 3 is 2.72 bits per heavy atom. The van der Waals surface area contributed by atoms with Crippen molar-refractivity contribution in [3.63, 3.8) is 0 Å². The number of non-ortho nitro benzene ring substituents is 1. The molecular weight excluding hydrogens is 329 g/mol. The standard InChI is InChI=1S/C17H14FN3O4/c18-12-4-2-5-14(8-12)20-10-13(9-16(20)22)19-17(23)11-3-1-6-15(7-11)21(24)25/h1-8,13H,9-10H2,(H,19,23). The fourth-order valence-corrected chi connectivity index (χ4v) is 2.73. The number of nitrogens with zero attached hydrogens (tertiary/aromatic N) is 2. The van der Waals surface area contributed by atoms with Gasteiger partial charge in [-0.25, -0.2) is 4.39 Å². The summed E-state index contributed by atoms with van der Waals surface area (Å²) in [6.45, 7) is 0.211. The van der Waals surface area contributed by atoms with Crippen LogP contribution in [0.15, 0.2) is 48.5 Å². The van der Waals surface area contributed by atoms with Gasteiger partial charge in [0, 0.05) is 36.3 Å². The van der Waals surface area contributed by atoms with Crippen molar-refractivity contribution in [3.8, 4) is 0 Å². The van der Waals surface area contributed by atoms with E-state index in [-0.39, 0.29) is 30.1 Å². The van der Waals surface area contributed by atoms with Crippen molar-refractivity contribution >= 4 is 23.2 Å². The molecule has 0 saturated carbocycles. The zero-order valence-electron chi connectivity index (χ0n) is 13.0. The number of nitrogens with one attached hydrogen (secondary N) is 1. The summed E-state index contributed by atoms with van der Waals surface area (Å²) in [6, 6.07) is 10.6. The van der Waals surface area contributed by atoms with Crippen LogP contribution in [-0.2, 0) is 4.79 Å². The molecule has 1 N–H and O–H groups in total. The normalized spacial score (nSPS) is 16.8. The SMILES string of the molecule is O=C(NC1CC(=O)N(c2cccc(F)c2)C1)c1cccc([N+](=O)[O-])c1. The Hall–Kier alpha value is -3.29. The summed E-state index contributed by atoms with van der Waals surface area (Å²) < 4.78 is 13.3. The van der Waals surface area contributed by atoms with Crippen molar-refractivity contribution in [2.75, 3.05) is 11.4 Å². The number of hydrogen-bond acceptors (Lipinski definition) is 4. The number of carbonyl (C=O) groups excluding carboxylic acids is 2. The van der Waals surface area contributed by atoms with Crippen molar-refractivity contribution in [1.82, 2.24) is 5.32 Å². The van der Waals surface area contributed by atoms with Crippen LogP contribution in [0.3, 0.4) is 0 Å². The van der Waals surface area contributed by atoms with E-state index in [0.717, 1.165) is 0 Å². The molecule has 2 amide bonds. The highest BCUT2D eigenvalue weighted by atomic mass is 19.1.